The fourth-order valence-corrected chi connectivity index (χ4v) is 6.66. The van der Waals surface area contributed by atoms with Crippen molar-refractivity contribution in [3.8, 4) is 5.75 Å². The topological polar surface area (TPSA) is 155 Å². The van der Waals surface area contributed by atoms with Crippen LogP contribution in [0.3, 0.4) is 0 Å². The quantitative estimate of drug-likeness (QED) is 0.416. The number of ether oxygens (including phenoxy) is 1. The second-order valence-electron chi connectivity index (χ2n) is 10.9. The van der Waals surface area contributed by atoms with Gasteiger partial charge >= 0.3 is 0 Å². The molecular weight excluding hydrogens is 586 g/mol. The van der Waals surface area contributed by atoms with Crippen LogP contribution in [0.5, 0.6) is 5.75 Å². The Labute approximate surface area is 260 Å². The molecule has 1 saturated heterocycles. The van der Waals surface area contributed by atoms with Crippen molar-refractivity contribution in [2.75, 3.05) is 39.3 Å². The van der Waals surface area contributed by atoms with E-state index in [1.54, 1.807) is 9.80 Å². The van der Waals surface area contributed by atoms with Crippen LogP contribution in [0, 0.1) is 33.6 Å². The molecule has 44 heavy (non-hydrogen) atoms. The van der Waals surface area contributed by atoms with E-state index >= 15 is 0 Å². The number of amides is 3. The molecule has 1 fully saturated rings. The van der Waals surface area contributed by atoms with Crippen LogP contribution in [-0.2, 0) is 20.8 Å². The van der Waals surface area contributed by atoms with Crippen molar-refractivity contribution in [3.63, 3.8) is 0 Å². The minimum Gasteiger partial charge on any atom is -0.492 e. The fraction of sp³-hybridized carbons (Fsp3) is 0.484. The Hall–Kier alpha value is -4.26. The van der Waals surface area contributed by atoms with Gasteiger partial charge in [0.2, 0.25) is 11.8 Å². The summed E-state index contributed by atoms with van der Waals surface area (Å²) in [6.07, 6.45) is 1.49. The van der Waals surface area contributed by atoms with Crippen molar-refractivity contribution in [3.05, 3.63) is 62.4 Å². The number of nitrogens with zero attached hydrogens (tertiary/aromatic N) is 4. The molecule has 0 aliphatic carbocycles. The average Bonchev–Trinajstić information content (AvgIpc) is 3.69. The SMILES string of the molecule is Cc1nc(C)c(C(=O)N2CCCNC(=O)[C@H]3CN(C(=O)CCc4c(C)noc4C)C[C@@H]3c3cccc(c3)OCC2)s1.O=CO. The van der Waals surface area contributed by atoms with E-state index in [4.69, 9.17) is 19.2 Å². The Balaban J connectivity index is 0.00000141. The number of aryl methyl sites for hydroxylation is 4. The second kappa shape index (κ2) is 15.0. The summed E-state index contributed by atoms with van der Waals surface area (Å²) in [6.45, 7) is 9.76. The Morgan fingerprint density at radius 3 is 2.55 bits per heavy atom. The van der Waals surface area contributed by atoms with E-state index in [-0.39, 0.29) is 36.0 Å². The normalized spacial score (nSPS) is 18.7. The summed E-state index contributed by atoms with van der Waals surface area (Å²) in [5.74, 6) is 0.768. The number of hydrogen-bond acceptors (Lipinski definition) is 9. The van der Waals surface area contributed by atoms with Crippen molar-refractivity contribution >= 4 is 35.5 Å². The molecule has 3 amide bonds. The standard InChI is InChI=1S/C30H37N5O5S.CH2O2/c1-18-24(20(3)40-33-18)9-10-27(36)35-16-25-22-7-5-8-23(15-22)39-14-13-34(12-6-11-31-29(37)26(25)17-35)30(38)28-19(2)32-21(4)41-28;2-1-3/h5,7-8,15,25-26H,6,9-14,16-17H2,1-4H3,(H,31,37);1H,(H,2,3)/t25-,26+;/m1./s1. The Morgan fingerprint density at radius 2 is 1.86 bits per heavy atom. The lowest BCUT2D eigenvalue weighted by atomic mass is 9.88. The highest BCUT2D eigenvalue weighted by atomic mass is 32.1. The predicted octanol–water partition coefficient (Wildman–Crippen LogP) is 3.28. The molecule has 0 radical (unpaired) electrons. The maximum absolute atomic E-state index is 13.5. The molecule has 2 aromatic heterocycles. The molecule has 2 aliphatic rings. The highest BCUT2D eigenvalue weighted by molar-refractivity contribution is 7.13. The van der Waals surface area contributed by atoms with Gasteiger partial charge in [-0.3, -0.25) is 19.2 Å². The minimum absolute atomic E-state index is 0.0124. The maximum Gasteiger partial charge on any atom is 0.290 e. The van der Waals surface area contributed by atoms with Crippen LogP contribution in [0.15, 0.2) is 28.8 Å². The summed E-state index contributed by atoms with van der Waals surface area (Å²) in [7, 11) is 0. The molecule has 236 valence electrons. The number of hydrogen-bond donors (Lipinski definition) is 2. The molecule has 2 aliphatic heterocycles. The fourth-order valence-electron chi connectivity index (χ4n) is 5.77. The molecule has 0 spiro atoms. The number of carbonyl (C=O) groups excluding carboxylic acids is 3. The molecule has 2 N–H and O–H groups in total. The predicted molar refractivity (Wildman–Crippen MR) is 163 cm³/mol. The van der Waals surface area contributed by atoms with Crippen LogP contribution in [0.25, 0.3) is 0 Å². The van der Waals surface area contributed by atoms with E-state index in [1.165, 1.54) is 11.3 Å². The van der Waals surface area contributed by atoms with Gasteiger partial charge in [-0.25, -0.2) is 4.98 Å². The number of nitrogens with one attached hydrogen (secondary N) is 1. The Bertz CT molecular complexity index is 1470. The third-order valence-electron chi connectivity index (χ3n) is 7.98. The molecule has 0 unspecified atom stereocenters. The first kappa shape index (κ1) is 32.6. The first-order chi connectivity index (χ1) is 21.1. The van der Waals surface area contributed by atoms with Gasteiger partial charge in [-0.15, -0.1) is 11.3 Å². The molecule has 13 heteroatoms. The number of thiazole rings is 1. The first-order valence-corrected chi connectivity index (χ1v) is 15.5. The number of carboxylic acid groups (broad SMARTS) is 1. The van der Waals surface area contributed by atoms with E-state index in [9.17, 15) is 14.4 Å². The molecule has 4 heterocycles. The maximum atomic E-state index is 13.5. The van der Waals surface area contributed by atoms with E-state index in [2.05, 4.69) is 15.5 Å². The van der Waals surface area contributed by atoms with E-state index < -0.39 is 0 Å². The van der Waals surface area contributed by atoms with Crippen LogP contribution >= 0.6 is 11.3 Å². The van der Waals surface area contributed by atoms with Gasteiger partial charge in [0.15, 0.2) is 0 Å². The third kappa shape index (κ3) is 7.81. The molecular formula is C31H39N5O7S. The van der Waals surface area contributed by atoms with Gasteiger partial charge < -0.3 is 29.5 Å². The minimum atomic E-state index is -0.378. The van der Waals surface area contributed by atoms with Crippen LogP contribution in [0.2, 0.25) is 0 Å². The monoisotopic (exact) mass is 625 g/mol. The van der Waals surface area contributed by atoms with Gasteiger partial charge in [-0.2, -0.15) is 0 Å². The smallest absolute Gasteiger partial charge is 0.290 e. The van der Waals surface area contributed by atoms with Crippen molar-refractivity contribution in [2.24, 2.45) is 5.92 Å². The lowest BCUT2D eigenvalue weighted by Crippen LogP contribution is -2.39. The summed E-state index contributed by atoms with van der Waals surface area (Å²) in [5.41, 5.74) is 3.46. The van der Waals surface area contributed by atoms with Gasteiger partial charge in [0.25, 0.3) is 12.4 Å². The molecule has 3 aromatic rings. The van der Waals surface area contributed by atoms with Crippen molar-refractivity contribution in [1.82, 2.24) is 25.3 Å². The molecule has 5 rings (SSSR count). The summed E-state index contributed by atoms with van der Waals surface area (Å²) in [4.78, 5) is 57.1. The zero-order chi connectivity index (χ0) is 31.8. The number of fused-ring (bicyclic) bond motifs is 4. The highest BCUT2D eigenvalue weighted by Gasteiger charge is 2.40. The van der Waals surface area contributed by atoms with Gasteiger partial charge in [0.1, 0.15) is 23.0 Å². The highest BCUT2D eigenvalue weighted by Crippen LogP contribution is 2.35. The van der Waals surface area contributed by atoms with Gasteiger partial charge in [-0.05, 0) is 58.2 Å². The van der Waals surface area contributed by atoms with E-state index in [0.717, 1.165) is 33.3 Å². The lowest BCUT2D eigenvalue weighted by Gasteiger charge is -2.24. The Kier molecular flexibility index (Phi) is 11.1. The third-order valence-corrected chi connectivity index (χ3v) is 9.05. The van der Waals surface area contributed by atoms with Gasteiger partial charge in [0.05, 0.1) is 28.9 Å². The average molecular weight is 626 g/mol. The van der Waals surface area contributed by atoms with Crippen molar-refractivity contribution in [2.45, 2.75) is 52.9 Å². The number of aromatic nitrogens is 2. The summed E-state index contributed by atoms with van der Waals surface area (Å²) in [5, 5.41) is 14.8. The first-order valence-electron chi connectivity index (χ1n) is 14.6. The van der Waals surface area contributed by atoms with E-state index in [1.807, 2.05) is 52.0 Å². The van der Waals surface area contributed by atoms with Crippen LogP contribution in [-0.4, -0.2) is 88.6 Å². The molecule has 2 bridgehead atoms. The summed E-state index contributed by atoms with van der Waals surface area (Å²) >= 11 is 1.40. The number of carbonyl (C=O) groups is 4. The van der Waals surface area contributed by atoms with Crippen molar-refractivity contribution < 1.29 is 33.5 Å². The van der Waals surface area contributed by atoms with Crippen LogP contribution < -0.4 is 10.1 Å². The largest absolute Gasteiger partial charge is 0.492 e. The number of benzene rings is 1. The lowest BCUT2D eigenvalue weighted by molar-refractivity contribution is -0.130. The number of likely N-dealkylation sites (tertiary alicyclic amines) is 1. The Morgan fingerprint density at radius 1 is 1.11 bits per heavy atom. The molecule has 12 nitrogen and oxygen atoms in total. The number of rotatable bonds is 4. The summed E-state index contributed by atoms with van der Waals surface area (Å²) < 4.78 is 11.3. The zero-order valence-corrected chi connectivity index (χ0v) is 26.3. The van der Waals surface area contributed by atoms with Crippen molar-refractivity contribution in [1.29, 1.82) is 0 Å². The van der Waals surface area contributed by atoms with Gasteiger partial charge in [0, 0.05) is 44.1 Å². The molecule has 0 saturated carbocycles. The molecule has 1 aromatic carbocycles. The summed E-state index contributed by atoms with van der Waals surface area (Å²) in [6, 6.07) is 7.75. The van der Waals surface area contributed by atoms with Gasteiger partial charge in [-0.1, -0.05) is 17.3 Å². The van der Waals surface area contributed by atoms with Crippen LogP contribution in [0.4, 0.5) is 0 Å². The zero-order valence-electron chi connectivity index (χ0n) is 25.5. The second-order valence-corrected chi connectivity index (χ2v) is 12.1. The van der Waals surface area contributed by atoms with Crippen LogP contribution in [0.1, 0.15) is 61.7 Å². The molecule has 2 atom stereocenters. The van der Waals surface area contributed by atoms with E-state index in [0.29, 0.717) is 69.2 Å².